The lowest BCUT2D eigenvalue weighted by Crippen LogP contribution is -1.86. The van der Waals surface area contributed by atoms with Crippen molar-refractivity contribution in [3.8, 4) is 0 Å². The van der Waals surface area contributed by atoms with E-state index in [9.17, 15) is 0 Å². The molecular weight excluding hydrogens is 214 g/mol. The molecule has 0 aliphatic carbocycles. The minimum Gasteiger partial charge on any atom is -0.450 e. The van der Waals surface area contributed by atoms with Gasteiger partial charge in [0.2, 0.25) is 0 Å². The van der Waals surface area contributed by atoms with Gasteiger partial charge in [-0.2, -0.15) is 4.21 Å². The lowest BCUT2D eigenvalue weighted by atomic mass is 11.5. The average molecular weight is 227 g/mol. The number of hydrogen-bond donors (Lipinski definition) is 7. The highest BCUT2D eigenvalue weighted by molar-refractivity contribution is 8.26. The molecule has 0 bridgehead atoms. The second-order valence-corrected chi connectivity index (χ2v) is 2.93. The molecular formula is CH13N3O6S2. The molecule has 0 aromatic heterocycles. The van der Waals surface area contributed by atoms with Crippen LogP contribution in [0.3, 0.4) is 0 Å². The van der Waals surface area contributed by atoms with Crippen LogP contribution in [0.4, 0.5) is 4.79 Å². The van der Waals surface area contributed by atoms with Gasteiger partial charge >= 0.3 is 6.16 Å². The average Bonchev–Trinajstić information content (AvgIpc) is 1.19. The van der Waals surface area contributed by atoms with Crippen LogP contribution in [-0.2, 0) is 20.2 Å². The highest BCUT2D eigenvalue weighted by Gasteiger charge is 1.78. The normalized spacial score (nSPS) is 6.83. The summed E-state index contributed by atoms with van der Waals surface area (Å²) in [6, 6.07) is 0. The van der Waals surface area contributed by atoms with Crippen LogP contribution < -0.4 is 18.5 Å². The maximum atomic E-state index is 9.11. The van der Waals surface area contributed by atoms with Gasteiger partial charge in [0.25, 0.3) is 9.05 Å². The van der Waals surface area contributed by atoms with Gasteiger partial charge < -0.3 is 28.7 Å². The second kappa shape index (κ2) is 13.1. The molecule has 13 N–H and O–H groups in total. The van der Waals surface area contributed by atoms with Crippen LogP contribution in [0.15, 0.2) is 0 Å². The number of hydrogen-bond acceptors (Lipinski definition) is 6. The van der Waals surface area contributed by atoms with Gasteiger partial charge in [-0.05, 0) is 0 Å². The van der Waals surface area contributed by atoms with Gasteiger partial charge in [-0.3, -0.25) is 9.11 Å². The Morgan fingerprint density at radius 3 is 1.08 bits per heavy atom. The maximum Gasteiger partial charge on any atom is 0.503 e. The molecule has 9 nitrogen and oxygen atoms in total. The van der Waals surface area contributed by atoms with E-state index in [1.807, 2.05) is 0 Å². The molecule has 80 valence electrons. The van der Waals surface area contributed by atoms with Crippen LogP contribution in [0.5, 0.6) is 0 Å². The Labute approximate surface area is 73.9 Å². The van der Waals surface area contributed by atoms with Gasteiger partial charge in [-0.25, -0.2) is 4.79 Å². The summed E-state index contributed by atoms with van der Waals surface area (Å²) in [5, 5.41) is 13.9. The molecule has 0 saturated carbocycles. The van der Waals surface area contributed by atoms with E-state index in [4.69, 9.17) is 28.3 Å². The van der Waals surface area contributed by atoms with Crippen molar-refractivity contribution in [2.75, 3.05) is 0 Å². The van der Waals surface area contributed by atoms with E-state index in [0.717, 1.165) is 0 Å². The highest BCUT2D eigenvalue weighted by atomic mass is 32.9. The van der Waals surface area contributed by atoms with Crippen molar-refractivity contribution in [1.29, 1.82) is 0 Å². The smallest absolute Gasteiger partial charge is 0.450 e. The van der Waals surface area contributed by atoms with Crippen molar-refractivity contribution in [3.63, 3.8) is 0 Å². The first kappa shape index (κ1) is 30.1. The van der Waals surface area contributed by atoms with E-state index in [2.05, 4.69) is 11.2 Å². The van der Waals surface area contributed by atoms with E-state index in [0.29, 0.717) is 0 Å². The van der Waals surface area contributed by atoms with Crippen molar-refractivity contribution in [2.24, 2.45) is 0 Å². The molecule has 12 heavy (non-hydrogen) atoms. The fourth-order valence-electron chi connectivity index (χ4n) is 0. The summed E-state index contributed by atoms with van der Waals surface area (Å²) in [6.45, 7) is 0. The van der Waals surface area contributed by atoms with Crippen LogP contribution >= 0.6 is 0 Å². The quantitative estimate of drug-likeness (QED) is 0.301. The van der Waals surface area contributed by atoms with Gasteiger partial charge in [0.1, 0.15) is 0 Å². The number of carboxylic acid groups (broad SMARTS) is 2. The fraction of sp³-hybridized carbons (Fsp3) is 0. The zero-order valence-corrected chi connectivity index (χ0v) is 7.68. The lowest BCUT2D eigenvalue weighted by Gasteiger charge is -1.73. The molecule has 0 aromatic carbocycles. The summed E-state index contributed by atoms with van der Waals surface area (Å²) in [7, 11) is -3.83. The Hall–Kier alpha value is -0.560. The van der Waals surface area contributed by atoms with E-state index >= 15 is 0 Å². The molecule has 0 heterocycles. The third-order valence-corrected chi connectivity index (χ3v) is 0. The zero-order valence-electron chi connectivity index (χ0n) is 6.04. The number of carbonyl (C=O) groups is 1. The largest absolute Gasteiger partial charge is 0.503 e. The van der Waals surface area contributed by atoms with Crippen LogP contribution in [0.1, 0.15) is 0 Å². The Morgan fingerprint density at radius 2 is 1.08 bits per heavy atom. The monoisotopic (exact) mass is 227 g/mol. The van der Waals surface area contributed by atoms with Crippen LogP contribution in [0, 0.1) is 0 Å². The Balaban J connectivity index is -0.0000000221. The predicted octanol–water partition coefficient (Wildman–Crippen LogP) is 0.387. The summed E-state index contributed by atoms with van der Waals surface area (Å²) in [6.07, 6.45) is -1.83. The first-order valence-corrected chi connectivity index (χ1v) is 3.75. The molecule has 0 radical (unpaired) electrons. The predicted molar refractivity (Wildman–Crippen MR) is 46.5 cm³/mol. The van der Waals surface area contributed by atoms with E-state index in [-0.39, 0.29) is 18.5 Å². The van der Waals surface area contributed by atoms with Gasteiger partial charge in [0.15, 0.2) is 0 Å². The minimum absolute atomic E-state index is 0. The summed E-state index contributed by atoms with van der Waals surface area (Å²) in [5.74, 6) is 0. The first-order chi connectivity index (χ1) is 3.73. The standard InChI is InChI=1S/CH2O3.3H3N.H2O3S2/c2-1(3)4;;;;1-5(2,3)4/h(H2,2,3,4);3*1H3;(H2,1,2,3,4). The fourth-order valence-corrected chi connectivity index (χ4v) is 0. The van der Waals surface area contributed by atoms with Gasteiger partial charge in [0, 0.05) is 11.2 Å². The topological polar surface area (TPSA) is 220 Å². The summed E-state index contributed by atoms with van der Waals surface area (Å²) < 4.78 is 24.0. The SMILES string of the molecule is N.N.N.O=C(O)O.O=S(O)(O)=S. The van der Waals surface area contributed by atoms with Crippen molar-refractivity contribution in [1.82, 2.24) is 18.5 Å². The molecule has 0 aliphatic rings. The Kier molecular flexibility index (Phi) is 32.7. The Bertz CT molecular complexity index is 163. The van der Waals surface area contributed by atoms with Crippen LogP contribution in [0.2, 0.25) is 0 Å². The molecule has 0 amide bonds. The van der Waals surface area contributed by atoms with Crippen LogP contribution in [0.25, 0.3) is 0 Å². The molecule has 11 heteroatoms. The van der Waals surface area contributed by atoms with Gasteiger partial charge in [-0.1, -0.05) is 0 Å². The van der Waals surface area contributed by atoms with Gasteiger partial charge in [0.05, 0.1) is 0 Å². The molecule has 0 aliphatic heterocycles. The third-order valence-electron chi connectivity index (χ3n) is 0. The summed E-state index contributed by atoms with van der Waals surface area (Å²) in [4.78, 5) is 8.56. The van der Waals surface area contributed by atoms with Crippen LogP contribution in [-0.4, -0.2) is 29.7 Å². The maximum absolute atomic E-state index is 9.11. The van der Waals surface area contributed by atoms with E-state index in [1.165, 1.54) is 0 Å². The lowest BCUT2D eigenvalue weighted by molar-refractivity contribution is 0.137. The van der Waals surface area contributed by atoms with Crippen molar-refractivity contribution in [3.05, 3.63) is 0 Å². The molecule has 0 saturated heterocycles. The van der Waals surface area contributed by atoms with Crippen molar-refractivity contribution >= 4 is 26.4 Å². The molecule has 0 unspecified atom stereocenters. The third kappa shape index (κ3) is 2140. The zero-order chi connectivity index (χ0) is 8.08. The molecule has 0 aromatic rings. The molecule has 0 fully saturated rings. The van der Waals surface area contributed by atoms with Gasteiger partial charge in [-0.15, -0.1) is 0 Å². The molecule has 0 spiro atoms. The Morgan fingerprint density at radius 1 is 1.08 bits per heavy atom. The highest BCUT2D eigenvalue weighted by Crippen LogP contribution is 1.62. The molecule has 0 rings (SSSR count). The summed E-state index contributed by atoms with van der Waals surface area (Å²) in [5.41, 5.74) is 0. The summed E-state index contributed by atoms with van der Waals surface area (Å²) >= 11 is 3.47. The second-order valence-electron chi connectivity index (χ2n) is 0.730. The minimum atomic E-state index is -3.83. The van der Waals surface area contributed by atoms with E-state index in [1.54, 1.807) is 0 Å². The van der Waals surface area contributed by atoms with E-state index < -0.39 is 15.2 Å². The molecule has 0 atom stereocenters. The van der Waals surface area contributed by atoms with Crippen molar-refractivity contribution < 1.29 is 28.3 Å². The number of rotatable bonds is 0. The van der Waals surface area contributed by atoms with Crippen molar-refractivity contribution in [2.45, 2.75) is 0 Å². The first-order valence-electron chi connectivity index (χ1n) is 1.35.